The van der Waals surface area contributed by atoms with Crippen molar-refractivity contribution in [2.24, 2.45) is 0 Å². The lowest BCUT2D eigenvalue weighted by atomic mass is 10.1. The zero-order valence-corrected chi connectivity index (χ0v) is 21.8. The number of sulfonamides is 1. The minimum atomic E-state index is -4.13. The first-order chi connectivity index (χ1) is 17.7. The number of anilines is 2. The third-order valence-corrected chi connectivity index (χ3v) is 7.63. The molecule has 1 aliphatic heterocycles. The predicted octanol–water partition coefficient (Wildman–Crippen LogP) is 4.39. The number of methoxy groups -OCH3 is 1. The van der Waals surface area contributed by atoms with Gasteiger partial charge in [-0.05, 0) is 55.0 Å². The molecular formula is C26H25ClN2O7S. The van der Waals surface area contributed by atoms with Crippen molar-refractivity contribution in [3.8, 4) is 5.75 Å². The van der Waals surface area contributed by atoms with Crippen molar-refractivity contribution in [1.82, 2.24) is 0 Å². The van der Waals surface area contributed by atoms with Crippen LogP contribution in [0.25, 0.3) is 0 Å². The van der Waals surface area contributed by atoms with Crippen LogP contribution in [0.15, 0.2) is 65.6 Å². The highest BCUT2D eigenvalue weighted by Gasteiger charge is 2.33. The van der Waals surface area contributed by atoms with Gasteiger partial charge in [-0.3, -0.25) is 9.59 Å². The zero-order chi connectivity index (χ0) is 26.6. The number of carbonyl (C=O) groups excluding carboxylic acids is 2. The van der Waals surface area contributed by atoms with Gasteiger partial charge in [0.05, 0.1) is 32.4 Å². The van der Waals surface area contributed by atoms with Crippen molar-refractivity contribution >= 4 is 44.9 Å². The van der Waals surface area contributed by atoms with Gasteiger partial charge in [0.1, 0.15) is 17.4 Å². The highest BCUT2D eigenvalue weighted by Crippen LogP contribution is 2.36. The van der Waals surface area contributed by atoms with E-state index in [0.29, 0.717) is 23.5 Å². The van der Waals surface area contributed by atoms with Gasteiger partial charge in [-0.25, -0.2) is 12.7 Å². The second kappa shape index (κ2) is 11.2. The monoisotopic (exact) mass is 544 g/mol. The van der Waals surface area contributed by atoms with E-state index < -0.39 is 15.9 Å². The van der Waals surface area contributed by atoms with Crippen LogP contribution in [0.4, 0.5) is 11.4 Å². The fourth-order valence-electron chi connectivity index (χ4n) is 3.82. The Bertz CT molecular complexity index is 1430. The van der Waals surface area contributed by atoms with E-state index >= 15 is 0 Å². The number of amides is 1. The van der Waals surface area contributed by atoms with E-state index in [-0.39, 0.29) is 47.0 Å². The van der Waals surface area contributed by atoms with Crippen LogP contribution in [0.2, 0.25) is 5.02 Å². The van der Waals surface area contributed by atoms with Gasteiger partial charge in [0.25, 0.3) is 15.9 Å². The van der Waals surface area contributed by atoms with E-state index in [9.17, 15) is 18.0 Å². The number of nitrogens with one attached hydrogen (secondary N) is 1. The van der Waals surface area contributed by atoms with Crippen LogP contribution < -0.4 is 14.4 Å². The summed E-state index contributed by atoms with van der Waals surface area (Å²) in [4.78, 5) is 24.5. The van der Waals surface area contributed by atoms with Gasteiger partial charge in [-0.2, -0.15) is 0 Å². The van der Waals surface area contributed by atoms with E-state index in [4.69, 9.17) is 25.8 Å². The third kappa shape index (κ3) is 5.87. The predicted molar refractivity (Wildman–Crippen MR) is 138 cm³/mol. The molecule has 37 heavy (non-hydrogen) atoms. The molecule has 1 heterocycles. The van der Waals surface area contributed by atoms with Crippen molar-refractivity contribution in [3.05, 3.63) is 82.4 Å². The second-order valence-electron chi connectivity index (χ2n) is 8.10. The number of carbonyl (C=O) groups is 2. The van der Waals surface area contributed by atoms with E-state index in [2.05, 4.69) is 5.32 Å². The maximum Gasteiger partial charge on any atom is 0.310 e. The quantitative estimate of drug-likeness (QED) is 0.419. The van der Waals surface area contributed by atoms with Gasteiger partial charge in [-0.1, -0.05) is 29.8 Å². The number of hydrogen-bond acceptors (Lipinski definition) is 7. The van der Waals surface area contributed by atoms with Crippen molar-refractivity contribution in [1.29, 1.82) is 0 Å². The standard InChI is InChI=1S/C26H25ClN2O7S/c1-3-36-25(30)12-17-4-9-21(10-5-17)28-26(31)18-6-7-19-15-35-16-29(22(19)13-18)37(32,33)24-14-20(27)8-11-23(24)34-2/h4-11,13-14H,3,12,15-16H2,1-2H3,(H,28,31). The Kier molecular flexibility index (Phi) is 8.01. The normalized spacial score (nSPS) is 13.0. The molecule has 3 aromatic rings. The Morgan fingerprint density at radius 2 is 1.84 bits per heavy atom. The Morgan fingerprint density at radius 3 is 2.54 bits per heavy atom. The largest absolute Gasteiger partial charge is 0.495 e. The molecule has 0 fully saturated rings. The molecule has 0 spiro atoms. The average molecular weight is 545 g/mol. The molecule has 194 valence electrons. The summed E-state index contributed by atoms with van der Waals surface area (Å²) in [6, 6.07) is 15.9. The molecule has 0 atom stereocenters. The summed E-state index contributed by atoms with van der Waals surface area (Å²) in [6.07, 6.45) is 0.136. The first kappa shape index (κ1) is 26.5. The molecule has 0 saturated carbocycles. The average Bonchev–Trinajstić information content (AvgIpc) is 2.89. The SMILES string of the molecule is CCOC(=O)Cc1ccc(NC(=O)c2ccc3c(c2)N(S(=O)(=O)c2cc(Cl)ccc2OC)COC3)cc1. The van der Waals surface area contributed by atoms with Crippen molar-refractivity contribution in [3.63, 3.8) is 0 Å². The molecule has 3 aromatic carbocycles. The minimum Gasteiger partial charge on any atom is -0.495 e. The van der Waals surface area contributed by atoms with Gasteiger partial charge >= 0.3 is 5.97 Å². The number of nitrogens with zero attached hydrogens (tertiary/aromatic N) is 1. The van der Waals surface area contributed by atoms with Crippen LogP contribution in [-0.2, 0) is 37.3 Å². The van der Waals surface area contributed by atoms with Crippen LogP contribution in [0, 0.1) is 0 Å². The van der Waals surface area contributed by atoms with Crippen LogP contribution >= 0.6 is 11.6 Å². The molecule has 0 aromatic heterocycles. The first-order valence-electron chi connectivity index (χ1n) is 11.4. The van der Waals surface area contributed by atoms with Gasteiger partial charge in [-0.15, -0.1) is 0 Å². The number of ether oxygens (including phenoxy) is 3. The number of halogens is 1. The lowest BCUT2D eigenvalue weighted by Crippen LogP contribution is -2.37. The summed E-state index contributed by atoms with van der Waals surface area (Å²) in [5.41, 5.74) is 2.46. The molecule has 0 unspecified atom stereocenters. The molecule has 11 heteroatoms. The van der Waals surface area contributed by atoms with Crippen LogP contribution in [0.1, 0.15) is 28.4 Å². The summed E-state index contributed by atoms with van der Waals surface area (Å²) in [5.74, 6) is -0.617. The maximum atomic E-state index is 13.6. The fraction of sp³-hybridized carbons (Fsp3) is 0.231. The van der Waals surface area contributed by atoms with Crippen LogP contribution in [0.3, 0.4) is 0 Å². The molecule has 9 nitrogen and oxygen atoms in total. The summed E-state index contributed by atoms with van der Waals surface area (Å²) >= 11 is 6.07. The zero-order valence-electron chi connectivity index (χ0n) is 20.2. The van der Waals surface area contributed by atoms with Gasteiger partial charge in [0.2, 0.25) is 0 Å². The topological polar surface area (TPSA) is 111 Å². The Morgan fingerprint density at radius 1 is 1.08 bits per heavy atom. The van der Waals surface area contributed by atoms with Gasteiger partial charge in [0, 0.05) is 21.8 Å². The van der Waals surface area contributed by atoms with E-state index in [1.807, 2.05) is 0 Å². The molecule has 0 radical (unpaired) electrons. The molecule has 1 N–H and O–H groups in total. The van der Waals surface area contributed by atoms with Crippen molar-refractivity contribution < 1.29 is 32.2 Å². The molecule has 0 aliphatic carbocycles. The Hall–Kier alpha value is -3.60. The molecule has 1 aliphatic rings. The summed E-state index contributed by atoms with van der Waals surface area (Å²) in [6.45, 7) is 2.01. The van der Waals surface area contributed by atoms with E-state index in [1.54, 1.807) is 43.3 Å². The van der Waals surface area contributed by atoms with Crippen LogP contribution in [0.5, 0.6) is 5.75 Å². The number of esters is 1. The number of rotatable bonds is 8. The minimum absolute atomic E-state index is 0.114. The number of fused-ring (bicyclic) bond motifs is 1. The lowest BCUT2D eigenvalue weighted by molar-refractivity contribution is -0.142. The third-order valence-electron chi connectivity index (χ3n) is 5.64. The number of benzene rings is 3. The number of hydrogen-bond donors (Lipinski definition) is 1. The Balaban J connectivity index is 1.58. The highest BCUT2D eigenvalue weighted by atomic mass is 35.5. The van der Waals surface area contributed by atoms with Gasteiger partial charge < -0.3 is 19.5 Å². The molecule has 0 bridgehead atoms. The smallest absolute Gasteiger partial charge is 0.310 e. The molecule has 0 saturated heterocycles. The van der Waals surface area contributed by atoms with Crippen molar-refractivity contribution in [2.75, 3.05) is 30.1 Å². The highest BCUT2D eigenvalue weighted by molar-refractivity contribution is 7.93. The maximum absolute atomic E-state index is 13.6. The molecule has 4 rings (SSSR count). The van der Waals surface area contributed by atoms with E-state index in [0.717, 1.165) is 9.87 Å². The molecule has 1 amide bonds. The summed E-state index contributed by atoms with van der Waals surface area (Å²) in [7, 11) is -2.76. The molecular weight excluding hydrogens is 520 g/mol. The van der Waals surface area contributed by atoms with Crippen molar-refractivity contribution in [2.45, 2.75) is 24.8 Å². The summed E-state index contributed by atoms with van der Waals surface area (Å²) in [5, 5.41) is 3.03. The van der Waals surface area contributed by atoms with E-state index in [1.165, 1.54) is 31.4 Å². The summed E-state index contributed by atoms with van der Waals surface area (Å²) < 4.78 is 43.9. The lowest BCUT2D eigenvalue weighted by Gasteiger charge is -2.31. The van der Waals surface area contributed by atoms with Crippen LogP contribution in [-0.4, -0.2) is 40.7 Å². The first-order valence-corrected chi connectivity index (χ1v) is 13.2. The Labute approximate surface area is 219 Å². The van der Waals surface area contributed by atoms with Gasteiger partial charge in [0.15, 0.2) is 0 Å². The second-order valence-corrected chi connectivity index (χ2v) is 10.4. The fourth-order valence-corrected chi connectivity index (χ4v) is 5.62.